The lowest BCUT2D eigenvalue weighted by molar-refractivity contribution is -0.137. The van der Waals surface area contributed by atoms with Crippen molar-refractivity contribution in [2.45, 2.75) is 32.0 Å². The standard InChI is InChI=1S/C18H23F3N2O3/c1-12(24)23-11-14(17(25)22-8-9-26-2)6-7-16(23)13-4-3-5-15(10-13)18(19,20)21/h3-5,10,14,16H,6-9,11H2,1-2H3,(H,22,25)/t14-,16+/m1/s1. The SMILES string of the molecule is COCCNC(=O)[C@@H]1CC[C@@H](c2cccc(C(F)(F)F)c2)N(C(C)=O)C1. The lowest BCUT2D eigenvalue weighted by Crippen LogP contribution is -2.46. The highest BCUT2D eigenvalue weighted by Gasteiger charge is 2.36. The first-order chi connectivity index (χ1) is 12.2. The maximum Gasteiger partial charge on any atom is 0.416 e. The molecule has 2 amide bonds. The molecule has 26 heavy (non-hydrogen) atoms. The summed E-state index contributed by atoms with van der Waals surface area (Å²) in [6, 6.07) is 4.57. The lowest BCUT2D eigenvalue weighted by Gasteiger charge is -2.39. The summed E-state index contributed by atoms with van der Waals surface area (Å²) in [5.41, 5.74) is -0.300. The monoisotopic (exact) mass is 372 g/mol. The van der Waals surface area contributed by atoms with Gasteiger partial charge in [-0.15, -0.1) is 0 Å². The third-order valence-electron chi connectivity index (χ3n) is 4.56. The van der Waals surface area contributed by atoms with Crippen LogP contribution in [-0.4, -0.2) is 43.5 Å². The van der Waals surface area contributed by atoms with Gasteiger partial charge in [-0.3, -0.25) is 9.59 Å². The van der Waals surface area contributed by atoms with Crippen molar-refractivity contribution in [3.05, 3.63) is 35.4 Å². The predicted octanol–water partition coefficient (Wildman–Crippen LogP) is 2.77. The molecule has 1 N–H and O–H groups in total. The molecule has 2 atom stereocenters. The van der Waals surface area contributed by atoms with Gasteiger partial charge in [0.1, 0.15) is 0 Å². The number of nitrogens with one attached hydrogen (secondary N) is 1. The topological polar surface area (TPSA) is 58.6 Å². The minimum atomic E-state index is -4.44. The normalized spacial score (nSPS) is 20.7. The fourth-order valence-electron chi connectivity index (χ4n) is 3.22. The van der Waals surface area contributed by atoms with Gasteiger partial charge in [-0.1, -0.05) is 12.1 Å². The third-order valence-corrected chi connectivity index (χ3v) is 4.56. The second-order valence-corrected chi connectivity index (χ2v) is 6.37. The van der Waals surface area contributed by atoms with Gasteiger partial charge in [-0.2, -0.15) is 13.2 Å². The van der Waals surface area contributed by atoms with E-state index in [2.05, 4.69) is 5.32 Å². The fourth-order valence-corrected chi connectivity index (χ4v) is 3.22. The third kappa shape index (κ3) is 4.97. The van der Waals surface area contributed by atoms with Crippen molar-refractivity contribution in [2.75, 3.05) is 26.8 Å². The van der Waals surface area contributed by atoms with Gasteiger partial charge < -0.3 is 15.0 Å². The van der Waals surface area contributed by atoms with E-state index in [4.69, 9.17) is 4.74 Å². The molecule has 1 aliphatic rings. The van der Waals surface area contributed by atoms with Crippen LogP contribution in [0.1, 0.15) is 36.9 Å². The number of halogens is 3. The van der Waals surface area contributed by atoms with E-state index in [-0.39, 0.29) is 24.3 Å². The number of likely N-dealkylation sites (tertiary alicyclic amines) is 1. The molecule has 144 valence electrons. The van der Waals surface area contributed by atoms with Crippen LogP contribution in [0.5, 0.6) is 0 Å². The minimum Gasteiger partial charge on any atom is -0.383 e. The van der Waals surface area contributed by atoms with E-state index in [1.54, 1.807) is 6.07 Å². The molecule has 5 nitrogen and oxygen atoms in total. The molecule has 1 aromatic rings. The Morgan fingerprint density at radius 2 is 2.04 bits per heavy atom. The van der Waals surface area contributed by atoms with Crippen molar-refractivity contribution in [3.63, 3.8) is 0 Å². The summed E-state index contributed by atoms with van der Waals surface area (Å²) in [7, 11) is 1.53. The number of carbonyl (C=O) groups is 2. The molecule has 0 aromatic heterocycles. The van der Waals surface area contributed by atoms with Crippen LogP contribution in [0.4, 0.5) is 13.2 Å². The molecule has 0 aliphatic carbocycles. The van der Waals surface area contributed by atoms with Crippen LogP contribution in [0, 0.1) is 5.92 Å². The zero-order chi connectivity index (χ0) is 19.3. The molecule has 1 aliphatic heterocycles. The molecular formula is C18H23F3N2O3. The number of ether oxygens (including phenoxy) is 1. The van der Waals surface area contributed by atoms with Crippen molar-refractivity contribution >= 4 is 11.8 Å². The molecule has 1 heterocycles. The van der Waals surface area contributed by atoms with E-state index in [1.165, 1.54) is 25.0 Å². The van der Waals surface area contributed by atoms with Crippen molar-refractivity contribution in [2.24, 2.45) is 5.92 Å². The van der Waals surface area contributed by atoms with Gasteiger partial charge in [0, 0.05) is 27.1 Å². The number of alkyl halides is 3. The Morgan fingerprint density at radius 3 is 2.65 bits per heavy atom. The summed E-state index contributed by atoms with van der Waals surface area (Å²) in [5.74, 6) is -0.810. The Kier molecular flexibility index (Phi) is 6.63. The molecule has 1 saturated heterocycles. The first-order valence-corrected chi connectivity index (χ1v) is 8.45. The lowest BCUT2D eigenvalue weighted by atomic mass is 9.87. The summed E-state index contributed by atoms with van der Waals surface area (Å²) in [6.07, 6.45) is -3.50. The van der Waals surface area contributed by atoms with E-state index in [0.29, 0.717) is 31.6 Å². The van der Waals surface area contributed by atoms with E-state index in [9.17, 15) is 22.8 Å². The Labute approximate surface area is 150 Å². The number of methoxy groups -OCH3 is 1. The van der Waals surface area contributed by atoms with Gasteiger partial charge in [-0.25, -0.2) is 0 Å². The van der Waals surface area contributed by atoms with Crippen molar-refractivity contribution < 1.29 is 27.5 Å². The first-order valence-electron chi connectivity index (χ1n) is 8.45. The highest BCUT2D eigenvalue weighted by molar-refractivity contribution is 5.81. The maximum atomic E-state index is 13.0. The van der Waals surface area contributed by atoms with E-state index in [1.807, 2.05) is 0 Å². The molecule has 1 fully saturated rings. The zero-order valence-electron chi connectivity index (χ0n) is 14.8. The van der Waals surface area contributed by atoms with Crippen LogP contribution >= 0.6 is 0 Å². The molecule has 1 aromatic carbocycles. The van der Waals surface area contributed by atoms with Crippen LogP contribution < -0.4 is 5.32 Å². The number of piperidine rings is 1. The van der Waals surface area contributed by atoms with E-state index in [0.717, 1.165) is 12.1 Å². The van der Waals surface area contributed by atoms with Crippen molar-refractivity contribution in [1.82, 2.24) is 10.2 Å². The summed E-state index contributed by atoms with van der Waals surface area (Å²) in [5, 5.41) is 2.75. The Bertz CT molecular complexity index is 649. The maximum absolute atomic E-state index is 13.0. The highest BCUT2D eigenvalue weighted by Crippen LogP contribution is 2.36. The van der Waals surface area contributed by atoms with Gasteiger partial charge in [0.2, 0.25) is 11.8 Å². The Morgan fingerprint density at radius 1 is 1.31 bits per heavy atom. The molecule has 0 unspecified atom stereocenters. The van der Waals surface area contributed by atoms with Gasteiger partial charge >= 0.3 is 6.18 Å². The number of nitrogens with zero attached hydrogens (tertiary/aromatic N) is 1. The highest BCUT2D eigenvalue weighted by atomic mass is 19.4. The first kappa shape index (κ1) is 20.2. The van der Waals surface area contributed by atoms with Gasteiger partial charge in [-0.05, 0) is 30.5 Å². The molecule has 2 rings (SSSR count). The minimum absolute atomic E-state index is 0.171. The van der Waals surface area contributed by atoms with Crippen molar-refractivity contribution in [1.29, 1.82) is 0 Å². The number of benzene rings is 1. The quantitative estimate of drug-likeness (QED) is 0.809. The van der Waals surface area contributed by atoms with Crippen molar-refractivity contribution in [3.8, 4) is 0 Å². The fraction of sp³-hybridized carbons (Fsp3) is 0.556. The largest absolute Gasteiger partial charge is 0.416 e. The summed E-state index contributed by atoms with van der Waals surface area (Å²) in [6.45, 7) is 2.32. The number of amides is 2. The number of carbonyl (C=O) groups excluding carboxylic acids is 2. The summed E-state index contributed by atoms with van der Waals surface area (Å²) in [4.78, 5) is 25.7. The van der Waals surface area contributed by atoms with Crippen LogP contribution in [0.15, 0.2) is 24.3 Å². The zero-order valence-corrected chi connectivity index (χ0v) is 14.8. The van der Waals surface area contributed by atoms with Gasteiger partial charge in [0.25, 0.3) is 0 Å². The van der Waals surface area contributed by atoms with Crippen LogP contribution in [0.3, 0.4) is 0 Å². The van der Waals surface area contributed by atoms with Crippen LogP contribution in [0.25, 0.3) is 0 Å². The van der Waals surface area contributed by atoms with E-state index < -0.39 is 17.8 Å². The molecule has 0 saturated carbocycles. The van der Waals surface area contributed by atoms with Crippen LogP contribution in [-0.2, 0) is 20.5 Å². The molecule has 0 spiro atoms. The second kappa shape index (κ2) is 8.53. The summed E-state index contributed by atoms with van der Waals surface area (Å²) < 4.78 is 43.8. The number of rotatable bonds is 5. The smallest absolute Gasteiger partial charge is 0.383 e. The number of hydrogen-bond donors (Lipinski definition) is 1. The van der Waals surface area contributed by atoms with Gasteiger partial charge in [0.15, 0.2) is 0 Å². The molecular weight excluding hydrogens is 349 g/mol. The van der Waals surface area contributed by atoms with Crippen LogP contribution in [0.2, 0.25) is 0 Å². The second-order valence-electron chi connectivity index (χ2n) is 6.37. The average molecular weight is 372 g/mol. The van der Waals surface area contributed by atoms with E-state index >= 15 is 0 Å². The summed E-state index contributed by atoms with van der Waals surface area (Å²) >= 11 is 0. The average Bonchev–Trinajstić information content (AvgIpc) is 2.60. The molecule has 0 radical (unpaired) electrons. The Hall–Kier alpha value is -2.09. The van der Waals surface area contributed by atoms with Gasteiger partial charge in [0.05, 0.1) is 24.1 Å². The number of hydrogen-bond acceptors (Lipinski definition) is 3. The predicted molar refractivity (Wildman–Crippen MR) is 89.2 cm³/mol. The Balaban J connectivity index is 2.14. The molecule has 0 bridgehead atoms. The molecule has 8 heteroatoms.